The summed E-state index contributed by atoms with van der Waals surface area (Å²) >= 11 is 0. The van der Waals surface area contributed by atoms with Gasteiger partial charge in [-0.3, -0.25) is 4.79 Å². The predicted molar refractivity (Wildman–Crippen MR) is 81.8 cm³/mol. The first-order valence-electron chi connectivity index (χ1n) is 6.27. The average Bonchev–Trinajstić information content (AvgIpc) is 2.47. The second-order valence-corrected chi connectivity index (χ2v) is 6.60. The molecule has 0 unspecified atom stereocenters. The maximum atomic E-state index is 12.5. The molecule has 2 rings (SSSR count). The summed E-state index contributed by atoms with van der Waals surface area (Å²) in [5, 5.41) is 0. The van der Waals surface area contributed by atoms with Crippen LogP contribution in [0.5, 0.6) is 0 Å². The first-order chi connectivity index (χ1) is 9.82. The SMILES string of the molecule is CC(=O)N(C)c1cccc(S(=O)(=O)c2ccc(N)cc2)c1. The van der Waals surface area contributed by atoms with Gasteiger partial charge in [0.2, 0.25) is 15.7 Å². The van der Waals surface area contributed by atoms with E-state index in [2.05, 4.69) is 0 Å². The van der Waals surface area contributed by atoms with Crippen LogP contribution in [0.4, 0.5) is 11.4 Å². The monoisotopic (exact) mass is 304 g/mol. The van der Waals surface area contributed by atoms with Crippen molar-refractivity contribution < 1.29 is 13.2 Å². The van der Waals surface area contributed by atoms with Crippen LogP contribution in [0.1, 0.15) is 6.92 Å². The van der Waals surface area contributed by atoms with Gasteiger partial charge in [-0.1, -0.05) is 6.07 Å². The minimum Gasteiger partial charge on any atom is -0.399 e. The van der Waals surface area contributed by atoms with Crippen molar-refractivity contribution in [1.82, 2.24) is 0 Å². The van der Waals surface area contributed by atoms with Crippen molar-refractivity contribution in [3.8, 4) is 0 Å². The molecule has 5 nitrogen and oxygen atoms in total. The van der Waals surface area contributed by atoms with E-state index in [1.165, 1.54) is 36.1 Å². The summed E-state index contributed by atoms with van der Waals surface area (Å²) in [6.07, 6.45) is 0. The predicted octanol–water partition coefficient (Wildman–Crippen LogP) is 2.08. The Morgan fingerprint density at radius 1 is 1.05 bits per heavy atom. The van der Waals surface area contributed by atoms with E-state index in [1.54, 1.807) is 31.3 Å². The number of rotatable bonds is 3. The van der Waals surface area contributed by atoms with Gasteiger partial charge < -0.3 is 10.6 Å². The molecule has 0 aliphatic carbocycles. The van der Waals surface area contributed by atoms with Crippen LogP contribution < -0.4 is 10.6 Å². The average molecular weight is 304 g/mol. The fourth-order valence-corrected chi connectivity index (χ4v) is 3.12. The highest BCUT2D eigenvalue weighted by atomic mass is 32.2. The third-order valence-corrected chi connectivity index (χ3v) is 4.95. The van der Waals surface area contributed by atoms with E-state index >= 15 is 0 Å². The molecule has 0 fully saturated rings. The summed E-state index contributed by atoms with van der Waals surface area (Å²) in [6.45, 7) is 1.42. The molecule has 1 amide bonds. The van der Waals surface area contributed by atoms with Crippen LogP contribution in [0.3, 0.4) is 0 Å². The second kappa shape index (κ2) is 5.57. The van der Waals surface area contributed by atoms with E-state index < -0.39 is 9.84 Å². The Bertz CT molecular complexity index is 768. The van der Waals surface area contributed by atoms with E-state index in [1.807, 2.05) is 0 Å². The summed E-state index contributed by atoms with van der Waals surface area (Å²) < 4.78 is 25.1. The van der Waals surface area contributed by atoms with Gasteiger partial charge in [0.05, 0.1) is 9.79 Å². The number of carbonyl (C=O) groups excluding carboxylic acids is 1. The number of sulfone groups is 1. The molecule has 0 aromatic heterocycles. The lowest BCUT2D eigenvalue weighted by molar-refractivity contribution is -0.116. The Hall–Kier alpha value is -2.34. The summed E-state index contributed by atoms with van der Waals surface area (Å²) in [5.74, 6) is -0.169. The summed E-state index contributed by atoms with van der Waals surface area (Å²) in [5.41, 5.74) is 6.59. The Balaban J connectivity index is 2.48. The Morgan fingerprint density at radius 3 is 2.24 bits per heavy atom. The quantitative estimate of drug-likeness (QED) is 0.880. The molecule has 0 saturated carbocycles. The first kappa shape index (κ1) is 15.1. The normalized spacial score (nSPS) is 11.1. The second-order valence-electron chi connectivity index (χ2n) is 4.65. The lowest BCUT2D eigenvalue weighted by atomic mass is 10.3. The molecule has 2 aromatic rings. The summed E-state index contributed by atoms with van der Waals surface area (Å²) in [7, 11) is -2.04. The zero-order valence-electron chi connectivity index (χ0n) is 11.8. The van der Waals surface area contributed by atoms with E-state index in [-0.39, 0.29) is 15.7 Å². The minimum atomic E-state index is -3.63. The van der Waals surface area contributed by atoms with E-state index in [4.69, 9.17) is 5.73 Å². The number of nitrogen functional groups attached to an aromatic ring is 1. The fourth-order valence-electron chi connectivity index (χ4n) is 1.82. The zero-order valence-corrected chi connectivity index (χ0v) is 12.6. The minimum absolute atomic E-state index is 0.137. The number of benzene rings is 2. The van der Waals surface area contributed by atoms with Gasteiger partial charge in [0.25, 0.3) is 0 Å². The number of hydrogen-bond donors (Lipinski definition) is 1. The molecule has 21 heavy (non-hydrogen) atoms. The van der Waals surface area contributed by atoms with Gasteiger partial charge in [-0.25, -0.2) is 8.42 Å². The third kappa shape index (κ3) is 3.05. The highest BCUT2D eigenvalue weighted by Gasteiger charge is 2.18. The lowest BCUT2D eigenvalue weighted by Crippen LogP contribution is -2.22. The molecule has 0 heterocycles. The molecular formula is C15H16N2O3S. The summed E-state index contributed by atoms with van der Waals surface area (Å²) in [6, 6.07) is 12.3. The molecule has 0 aliphatic heterocycles. The molecule has 0 atom stereocenters. The van der Waals surface area contributed by atoms with Gasteiger partial charge in [0.15, 0.2) is 0 Å². The van der Waals surface area contributed by atoms with Crippen molar-refractivity contribution in [2.24, 2.45) is 0 Å². The van der Waals surface area contributed by atoms with Crippen LogP contribution >= 0.6 is 0 Å². The zero-order chi connectivity index (χ0) is 15.6. The number of carbonyl (C=O) groups is 1. The van der Waals surface area contributed by atoms with Crippen molar-refractivity contribution in [2.45, 2.75) is 16.7 Å². The van der Waals surface area contributed by atoms with Crippen LogP contribution in [0.25, 0.3) is 0 Å². The van der Waals surface area contributed by atoms with Crippen molar-refractivity contribution in [1.29, 1.82) is 0 Å². The Labute approximate surface area is 123 Å². The van der Waals surface area contributed by atoms with E-state index in [0.717, 1.165) is 0 Å². The standard InChI is InChI=1S/C15H16N2O3S/c1-11(18)17(2)13-4-3-5-15(10-13)21(19,20)14-8-6-12(16)7-9-14/h3-10H,16H2,1-2H3. The van der Waals surface area contributed by atoms with Crippen LogP contribution in [-0.4, -0.2) is 21.4 Å². The molecule has 2 aromatic carbocycles. The maximum Gasteiger partial charge on any atom is 0.223 e. The topological polar surface area (TPSA) is 80.5 Å². The van der Waals surface area contributed by atoms with Crippen LogP contribution in [-0.2, 0) is 14.6 Å². The number of nitrogens with two attached hydrogens (primary N) is 1. The molecule has 0 spiro atoms. The van der Waals surface area contributed by atoms with E-state index in [0.29, 0.717) is 11.4 Å². The molecule has 0 aliphatic rings. The largest absolute Gasteiger partial charge is 0.399 e. The van der Waals surface area contributed by atoms with Crippen molar-refractivity contribution in [3.05, 3.63) is 48.5 Å². The molecule has 110 valence electrons. The van der Waals surface area contributed by atoms with Gasteiger partial charge >= 0.3 is 0 Å². The molecule has 0 saturated heterocycles. The van der Waals surface area contributed by atoms with Gasteiger partial charge in [0, 0.05) is 25.3 Å². The van der Waals surface area contributed by atoms with Crippen LogP contribution in [0.15, 0.2) is 58.3 Å². The van der Waals surface area contributed by atoms with E-state index in [9.17, 15) is 13.2 Å². The highest BCUT2D eigenvalue weighted by Crippen LogP contribution is 2.25. The smallest absolute Gasteiger partial charge is 0.223 e. The third-order valence-electron chi connectivity index (χ3n) is 3.18. The number of anilines is 2. The van der Waals surface area contributed by atoms with Gasteiger partial charge in [-0.2, -0.15) is 0 Å². The lowest BCUT2D eigenvalue weighted by Gasteiger charge is -2.16. The first-order valence-corrected chi connectivity index (χ1v) is 7.75. The van der Waals surface area contributed by atoms with Crippen molar-refractivity contribution in [3.63, 3.8) is 0 Å². The molecule has 2 N–H and O–H groups in total. The number of amides is 1. The summed E-state index contributed by atoms with van der Waals surface area (Å²) in [4.78, 5) is 13.1. The number of nitrogens with zero attached hydrogens (tertiary/aromatic N) is 1. The van der Waals surface area contributed by atoms with Crippen LogP contribution in [0, 0.1) is 0 Å². The van der Waals surface area contributed by atoms with Crippen LogP contribution in [0.2, 0.25) is 0 Å². The Morgan fingerprint density at radius 2 is 1.67 bits per heavy atom. The number of hydrogen-bond acceptors (Lipinski definition) is 4. The van der Waals surface area contributed by atoms with Gasteiger partial charge in [0.1, 0.15) is 0 Å². The molecular weight excluding hydrogens is 288 g/mol. The fraction of sp³-hybridized carbons (Fsp3) is 0.133. The van der Waals surface area contributed by atoms with Crippen molar-refractivity contribution >= 4 is 27.1 Å². The maximum absolute atomic E-state index is 12.5. The highest BCUT2D eigenvalue weighted by molar-refractivity contribution is 7.91. The molecule has 0 bridgehead atoms. The van der Waals surface area contributed by atoms with Gasteiger partial charge in [-0.05, 0) is 42.5 Å². The van der Waals surface area contributed by atoms with Crippen molar-refractivity contribution in [2.75, 3.05) is 17.7 Å². The molecule has 0 radical (unpaired) electrons. The Kier molecular flexibility index (Phi) is 3.99. The van der Waals surface area contributed by atoms with Gasteiger partial charge in [-0.15, -0.1) is 0 Å². The molecule has 6 heteroatoms.